The van der Waals surface area contributed by atoms with Crippen molar-refractivity contribution in [2.75, 3.05) is 24.1 Å². The summed E-state index contributed by atoms with van der Waals surface area (Å²) in [5.74, 6) is 0.244. The maximum Gasteiger partial charge on any atom is 0.309 e. The van der Waals surface area contributed by atoms with E-state index in [1.807, 2.05) is 36.4 Å². The zero-order chi connectivity index (χ0) is 29.0. The number of anilines is 1. The Morgan fingerprint density at radius 1 is 1.10 bits per heavy atom. The van der Waals surface area contributed by atoms with E-state index in [4.69, 9.17) is 9.15 Å². The minimum atomic E-state index is -3.60. The fourth-order valence-electron chi connectivity index (χ4n) is 4.13. The number of carbonyl (C=O) groups excluding carboxylic acids is 1. The van der Waals surface area contributed by atoms with Crippen LogP contribution in [-0.4, -0.2) is 56.0 Å². The van der Waals surface area contributed by atoms with Crippen LogP contribution in [0.1, 0.15) is 60.3 Å². The fraction of sp³-hybridized carbons (Fsp3) is 0.448. The maximum atomic E-state index is 12.9. The second kappa shape index (κ2) is 15.4. The van der Waals surface area contributed by atoms with Crippen molar-refractivity contribution in [3.8, 4) is 5.75 Å². The molecule has 2 unspecified atom stereocenters. The van der Waals surface area contributed by atoms with Gasteiger partial charge in [0, 0.05) is 19.1 Å². The Bertz CT molecular complexity index is 1310. The van der Waals surface area contributed by atoms with E-state index in [1.165, 1.54) is 5.56 Å². The molecule has 218 valence electrons. The van der Waals surface area contributed by atoms with Crippen LogP contribution in [0.15, 0.2) is 59.2 Å². The minimum Gasteiger partial charge on any atom is -0.494 e. The van der Waals surface area contributed by atoms with E-state index in [2.05, 4.69) is 46.3 Å². The SMILES string of the molecule is CCCCOc1ccc(CC(CC(O)CNCc2cccc(CC)c2)NC(=O)c2coc(NS(C)(=O)=O)n2)cc1. The molecule has 11 heteroatoms. The number of rotatable bonds is 17. The number of amides is 1. The number of aliphatic hydroxyl groups is 1. The Morgan fingerprint density at radius 2 is 1.85 bits per heavy atom. The van der Waals surface area contributed by atoms with Crippen molar-refractivity contribution >= 4 is 21.9 Å². The Balaban J connectivity index is 1.63. The van der Waals surface area contributed by atoms with Gasteiger partial charge < -0.3 is 24.9 Å². The number of aryl methyl sites for hydroxylation is 1. The van der Waals surface area contributed by atoms with Crippen LogP contribution in [0.25, 0.3) is 0 Å². The first kappa shape index (κ1) is 31.1. The lowest BCUT2D eigenvalue weighted by molar-refractivity contribution is 0.0904. The van der Waals surface area contributed by atoms with Gasteiger partial charge in [-0.25, -0.2) is 13.1 Å². The predicted molar refractivity (Wildman–Crippen MR) is 155 cm³/mol. The first-order valence-electron chi connectivity index (χ1n) is 13.6. The highest BCUT2D eigenvalue weighted by atomic mass is 32.2. The van der Waals surface area contributed by atoms with Crippen LogP contribution < -0.4 is 20.1 Å². The number of ether oxygens (including phenoxy) is 1. The highest BCUT2D eigenvalue weighted by Gasteiger charge is 2.21. The average Bonchev–Trinajstić information content (AvgIpc) is 3.37. The Labute approximate surface area is 236 Å². The van der Waals surface area contributed by atoms with E-state index in [0.717, 1.165) is 48.7 Å². The van der Waals surface area contributed by atoms with Crippen molar-refractivity contribution < 1.29 is 27.5 Å². The van der Waals surface area contributed by atoms with E-state index < -0.39 is 28.1 Å². The number of nitrogens with zero attached hydrogens (tertiary/aromatic N) is 1. The lowest BCUT2D eigenvalue weighted by Gasteiger charge is -2.22. The zero-order valence-electron chi connectivity index (χ0n) is 23.4. The second-order valence-electron chi connectivity index (χ2n) is 9.83. The zero-order valence-corrected chi connectivity index (χ0v) is 24.2. The van der Waals surface area contributed by atoms with Gasteiger partial charge in [0.15, 0.2) is 5.69 Å². The van der Waals surface area contributed by atoms with Crippen molar-refractivity contribution in [1.82, 2.24) is 15.6 Å². The number of unbranched alkanes of at least 4 members (excludes halogenated alkanes) is 1. The van der Waals surface area contributed by atoms with Crippen LogP contribution >= 0.6 is 0 Å². The van der Waals surface area contributed by atoms with Crippen molar-refractivity contribution in [2.45, 2.75) is 64.6 Å². The molecular weight excluding hydrogens is 532 g/mol. The van der Waals surface area contributed by atoms with Gasteiger partial charge in [0.05, 0.1) is 19.0 Å². The molecule has 0 aliphatic rings. The molecule has 0 saturated heterocycles. The molecule has 0 radical (unpaired) electrons. The number of aromatic nitrogens is 1. The summed E-state index contributed by atoms with van der Waals surface area (Å²) < 4.78 is 35.8. The quantitative estimate of drug-likeness (QED) is 0.180. The van der Waals surface area contributed by atoms with E-state index in [9.17, 15) is 18.3 Å². The number of hydrogen-bond acceptors (Lipinski definition) is 8. The molecule has 0 spiro atoms. The summed E-state index contributed by atoms with van der Waals surface area (Å²) in [5.41, 5.74) is 3.29. The summed E-state index contributed by atoms with van der Waals surface area (Å²) in [6.07, 6.45) is 5.07. The smallest absolute Gasteiger partial charge is 0.309 e. The number of nitrogens with one attached hydrogen (secondary N) is 3. The van der Waals surface area contributed by atoms with Gasteiger partial charge in [-0.1, -0.05) is 56.7 Å². The van der Waals surface area contributed by atoms with Crippen LogP contribution in [0.4, 0.5) is 6.01 Å². The molecule has 3 rings (SSSR count). The van der Waals surface area contributed by atoms with Gasteiger partial charge >= 0.3 is 6.01 Å². The normalized spacial score (nSPS) is 13.0. The van der Waals surface area contributed by atoms with E-state index in [0.29, 0.717) is 26.1 Å². The third kappa shape index (κ3) is 11.0. The molecule has 4 N–H and O–H groups in total. The molecule has 2 aromatic carbocycles. The third-order valence-corrected chi connectivity index (χ3v) is 6.73. The van der Waals surface area contributed by atoms with E-state index in [1.54, 1.807) is 0 Å². The first-order chi connectivity index (χ1) is 19.1. The summed E-state index contributed by atoms with van der Waals surface area (Å²) in [6.45, 7) is 5.84. The summed E-state index contributed by atoms with van der Waals surface area (Å²) >= 11 is 0. The third-order valence-electron chi connectivity index (χ3n) is 6.18. The number of benzene rings is 2. The Hall–Kier alpha value is -3.41. The number of sulfonamides is 1. The highest BCUT2D eigenvalue weighted by molar-refractivity contribution is 7.91. The lowest BCUT2D eigenvalue weighted by Crippen LogP contribution is -2.41. The van der Waals surface area contributed by atoms with Crippen LogP contribution in [0.5, 0.6) is 5.75 Å². The van der Waals surface area contributed by atoms with Gasteiger partial charge in [-0.15, -0.1) is 0 Å². The van der Waals surface area contributed by atoms with Gasteiger partial charge in [-0.3, -0.25) is 4.79 Å². The lowest BCUT2D eigenvalue weighted by atomic mass is 10.00. The van der Waals surface area contributed by atoms with Gasteiger partial charge in [-0.05, 0) is 54.5 Å². The second-order valence-corrected chi connectivity index (χ2v) is 11.6. The molecule has 1 amide bonds. The van der Waals surface area contributed by atoms with Crippen LogP contribution in [-0.2, 0) is 29.4 Å². The maximum absolute atomic E-state index is 12.9. The molecule has 0 fully saturated rings. The summed E-state index contributed by atoms with van der Waals surface area (Å²) in [5, 5.41) is 17.0. The molecular formula is C29H40N4O6S. The first-order valence-corrected chi connectivity index (χ1v) is 15.5. The van der Waals surface area contributed by atoms with E-state index in [-0.39, 0.29) is 18.1 Å². The summed E-state index contributed by atoms with van der Waals surface area (Å²) in [6, 6.07) is 15.3. The van der Waals surface area contributed by atoms with Crippen LogP contribution in [0.2, 0.25) is 0 Å². The monoisotopic (exact) mass is 572 g/mol. The summed E-state index contributed by atoms with van der Waals surface area (Å²) in [7, 11) is -3.60. The highest BCUT2D eigenvalue weighted by Crippen LogP contribution is 2.16. The molecule has 1 aromatic heterocycles. The number of oxazole rings is 1. The molecule has 1 heterocycles. The van der Waals surface area contributed by atoms with Gasteiger partial charge in [0.1, 0.15) is 12.0 Å². The van der Waals surface area contributed by atoms with Crippen LogP contribution in [0, 0.1) is 0 Å². The predicted octanol–water partition coefficient (Wildman–Crippen LogP) is 3.67. The van der Waals surface area contributed by atoms with Crippen molar-refractivity contribution in [3.63, 3.8) is 0 Å². The topological polar surface area (TPSA) is 143 Å². The molecule has 40 heavy (non-hydrogen) atoms. The fourth-order valence-corrected chi connectivity index (χ4v) is 4.54. The average molecular weight is 573 g/mol. The Kier molecular flexibility index (Phi) is 12.0. The van der Waals surface area contributed by atoms with Crippen LogP contribution in [0.3, 0.4) is 0 Å². The molecule has 0 bridgehead atoms. The molecule has 0 aliphatic carbocycles. The molecule has 3 aromatic rings. The molecule has 0 aliphatic heterocycles. The summed E-state index contributed by atoms with van der Waals surface area (Å²) in [4.78, 5) is 16.9. The minimum absolute atomic E-state index is 0.0701. The van der Waals surface area contributed by atoms with Crippen molar-refractivity contribution in [1.29, 1.82) is 0 Å². The number of hydrogen-bond donors (Lipinski definition) is 4. The number of carbonyl (C=O) groups is 1. The van der Waals surface area contributed by atoms with Gasteiger partial charge in [0.2, 0.25) is 10.0 Å². The van der Waals surface area contributed by atoms with Crippen molar-refractivity contribution in [3.05, 3.63) is 77.2 Å². The van der Waals surface area contributed by atoms with Gasteiger partial charge in [-0.2, -0.15) is 4.98 Å². The van der Waals surface area contributed by atoms with Crippen molar-refractivity contribution in [2.24, 2.45) is 0 Å². The molecule has 2 atom stereocenters. The number of aliphatic hydroxyl groups excluding tert-OH is 1. The van der Waals surface area contributed by atoms with E-state index >= 15 is 0 Å². The molecule has 10 nitrogen and oxygen atoms in total. The molecule has 0 saturated carbocycles. The largest absolute Gasteiger partial charge is 0.494 e. The van der Waals surface area contributed by atoms with Gasteiger partial charge in [0.25, 0.3) is 5.91 Å². The standard InChI is InChI=1S/C29H40N4O6S/c1-4-6-14-38-26-12-10-22(11-13-26)16-24(31-28(35)27-20-39-29(32-27)33-40(3,36)37)17-25(34)19-30-18-23-9-7-8-21(5-2)15-23/h7-13,15,20,24-25,30,34H,4-6,14,16-19H2,1-3H3,(H,31,35)(H,32,33). The Morgan fingerprint density at radius 3 is 2.55 bits per heavy atom.